The molecule has 0 bridgehead atoms. The molecule has 106 valence electrons. The van der Waals surface area contributed by atoms with Crippen molar-refractivity contribution in [3.63, 3.8) is 0 Å². The summed E-state index contributed by atoms with van der Waals surface area (Å²) in [5.41, 5.74) is -0.389. The Labute approximate surface area is 118 Å². The molecule has 0 radical (unpaired) electrons. The highest BCUT2D eigenvalue weighted by atomic mass is 32.2. The molecule has 1 saturated heterocycles. The molecule has 0 aliphatic carbocycles. The maximum absolute atomic E-state index is 13.3. The molecule has 1 aromatic carbocycles. The largest absolute Gasteiger partial charge is 0.305 e. The first kappa shape index (κ1) is 14.4. The fourth-order valence-electron chi connectivity index (χ4n) is 2.09. The molecule has 1 amide bonds. The standard InChI is InChI=1S/C12H11FN2O4S/c1-7(16)20-9-5-12(17)14(6-9)11-4-8(13)2-3-10(11)15(18)19/h2-4,9H,5-6H2,1H3. The molecule has 0 N–H and O–H groups in total. The number of hydrogen-bond acceptors (Lipinski definition) is 5. The Balaban J connectivity index is 2.32. The number of amides is 1. The monoisotopic (exact) mass is 298 g/mol. The first-order chi connectivity index (χ1) is 9.38. The van der Waals surface area contributed by atoms with Crippen molar-refractivity contribution in [2.75, 3.05) is 11.4 Å². The summed E-state index contributed by atoms with van der Waals surface area (Å²) in [7, 11) is 0. The van der Waals surface area contributed by atoms with E-state index >= 15 is 0 Å². The smallest absolute Gasteiger partial charge is 0.293 e. The van der Waals surface area contributed by atoms with Gasteiger partial charge in [-0.25, -0.2) is 4.39 Å². The Bertz CT molecular complexity index is 593. The van der Waals surface area contributed by atoms with Crippen molar-refractivity contribution in [1.29, 1.82) is 0 Å². The van der Waals surface area contributed by atoms with E-state index in [9.17, 15) is 24.1 Å². The maximum Gasteiger partial charge on any atom is 0.293 e. The average molecular weight is 298 g/mol. The molecule has 0 spiro atoms. The second-order valence-electron chi connectivity index (χ2n) is 4.33. The molecule has 1 aromatic rings. The van der Waals surface area contributed by atoms with E-state index in [2.05, 4.69) is 0 Å². The number of halogens is 1. The van der Waals surface area contributed by atoms with Gasteiger partial charge in [0.15, 0.2) is 5.12 Å². The van der Waals surface area contributed by atoms with Crippen molar-refractivity contribution >= 4 is 34.2 Å². The topological polar surface area (TPSA) is 80.5 Å². The lowest BCUT2D eigenvalue weighted by atomic mass is 10.2. The predicted octanol–water partition coefficient (Wildman–Crippen LogP) is 2.12. The van der Waals surface area contributed by atoms with Crippen molar-refractivity contribution in [2.24, 2.45) is 0 Å². The van der Waals surface area contributed by atoms with Crippen LogP contribution >= 0.6 is 11.8 Å². The fourth-order valence-corrected chi connectivity index (χ4v) is 3.01. The zero-order valence-corrected chi connectivity index (χ0v) is 11.4. The molecule has 0 saturated carbocycles. The zero-order chi connectivity index (χ0) is 14.9. The van der Waals surface area contributed by atoms with E-state index in [4.69, 9.17) is 0 Å². The van der Waals surface area contributed by atoms with Gasteiger partial charge in [0.25, 0.3) is 5.69 Å². The van der Waals surface area contributed by atoms with Gasteiger partial charge in [-0.05, 0) is 6.07 Å². The van der Waals surface area contributed by atoms with Gasteiger partial charge in [0, 0.05) is 37.3 Å². The zero-order valence-electron chi connectivity index (χ0n) is 10.5. The summed E-state index contributed by atoms with van der Waals surface area (Å²) < 4.78 is 13.3. The third-order valence-electron chi connectivity index (χ3n) is 2.85. The van der Waals surface area contributed by atoms with E-state index in [1.807, 2.05) is 0 Å². The van der Waals surface area contributed by atoms with Crippen LogP contribution in [0.5, 0.6) is 0 Å². The van der Waals surface area contributed by atoms with Gasteiger partial charge in [-0.15, -0.1) is 0 Å². The number of hydrogen-bond donors (Lipinski definition) is 0. The van der Waals surface area contributed by atoms with Crippen molar-refractivity contribution in [3.05, 3.63) is 34.1 Å². The lowest BCUT2D eigenvalue weighted by molar-refractivity contribution is -0.384. The molecule has 1 fully saturated rings. The fraction of sp³-hybridized carbons (Fsp3) is 0.333. The summed E-state index contributed by atoms with van der Waals surface area (Å²) in [6.07, 6.45) is 0.109. The summed E-state index contributed by atoms with van der Waals surface area (Å²) in [6.45, 7) is 1.55. The van der Waals surface area contributed by atoms with E-state index in [0.29, 0.717) is 0 Å². The van der Waals surface area contributed by atoms with Gasteiger partial charge in [-0.3, -0.25) is 19.7 Å². The molecule has 1 heterocycles. The Hall–Kier alpha value is -1.96. The molecule has 6 nitrogen and oxygen atoms in total. The maximum atomic E-state index is 13.3. The highest BCUT2D eigenvalue weighted by Crippen LogP contribution is 2.34. The lowest BCUT2D eigenvalue weighted by Gasteiger charge is -2.16. The molecule has 1 aliphatic heterocycles. The summed E-state index contributed by atoms with van der Waals surface area (Å²) in [6, 6.07) is 2.98. The van der Waals surface area contributed by atoms with E-state index in [0.717, 1.165) is 30.0 Å². The summed E-state index contributed by atoms with van der Waals surface area (Å²) in [5, 5.41) is 10.6. The van der Waals surface area contributed by atoms with Crippen LogP contribution in [0.2, 0.25) is 0 Å². The van der Waals surface area contributed by atoms with E-state index in [1.165, 1.54) is 11.8 Å². The van der Waals surface area contributed by atoms with Gasteiger partial charge in [-0.1, -0.05) is 11.8 Å². The van der Waals surface area contributed by atoms with Gasteiger partial charge in [0.05, 0.1) is 4.92 Å². The minimum absolute atomic E-state index is 0.0633. The molecule has 1 atom stereocenters. The Morgan fingerprint density at radius 3 is 2.85 bits per heavy atom. The molecular weight excluding hydrogens is 287 g/mol. The number of benzene rings is 1. The van der Waals surface area contributed by atoms with Crippen LogP contribution in [0.1, 0.15) is 13.3 Å². The molecule has 2 rings (SSSR count). The number of nitrogens with zero attached hydrogens (tertiary/aromatic N) is 2. The Morgan fingerprint density at radius 2 is 2.25 bits per heavy atom. The third kappa shape index (κ3) is 2.96. The summed E-state index contributed by atoms with van der Waals surface area (Å²) in [4.78, 5) is 34.4. The lowest BCUT2D eigenvalue weighted by Crippen LogP contribution is -2.26. The van der Waals surface area contributed by atoms with Crippen LogP contribution in [0.15, 0.2) is 18.2 Å². The highest BCUT2D eigenvalue weighted by Gasteiger charge is 2.35. The van der Waals surface area contributed by atoms with Crippen molar-refractivity contribution in [1.82, 2.24) is 0 Å². The minimum atomic E-state index is -0.659. The van der Waals surface area contributed by atoms with Crippen molar-refractivity contribution in [3.8, 4) is 0 Å². The normalized spacial score (nSPS) is 18.4. The summed E-state index contributed by atoms with van der Waals surface area (Å²) >= 11 is 1.02. The number of thioether (sulfide) groups is 1. The predicted molar refractivity (Wildman–Crippen MR) is 72.1 cm³/mol. The van der Waals surface area contributed by atoms with Crippen LogP contribution in [0.3, 0.4) is 0 Å². The Kier molecular flexibility index (Phi) is 4.03. The number of anilines is 1. The molecular formula is C12H11FN2O4S. The van der Waals surface area contributed by atoms with Crippen LogP contribution in [0.4, 0.5) is 15.8 Å². The molecule has 1 unspecified atom stereocenters. The number of rotatable bonds is 3. The molecule has 0 aromatic heterocycles. The van der Waals surface area contributed by atoms with E-state index < -0.39 is 10.7 Å². The van der Waals surface area contributed by atoms with Crippen molar-refractivity contribution < 1.29 is 18.9 Å². The molecule has 20 heavy (non-hydrogen) atoms. The number of carbonyl (C=O) groups is 2. The quantitative estimate of drug-likeness (QED) is 0.630. The van der Waals surface area contributed by atoms with Crippen LogP contribution in [-0.2, 0) is 9.59 Å². The van der Waals surface area contributed by atoms with Crippen LogP contribution in [0, 0.1) is 15.9 Å². The number of nitro groups is 1. The van der Waals surface area contributed by atoms with Crippen LogP contribution in [0.25, 0.3) is 0 Å². The number of carbonyl (C=O) groups excluding carboxylic acids is 2. The highest BCUT2D eigenvalue weighted by molar-refractivity contribution is 8.14. The van der Waals surface area contributed by atoms with E-state index in [-0.39, 0.29) is 40.6 Å². The Morgan fingerprint density at radius 1 is 1.55 bits per heavy atom. The van der Waals surface area contributed by atoms with Crippen LogP contribution in [-0.4, -0.2) is 27.7 Å². The van der Waals surface area contributed by atoms with Gasteiger partial charge in [0.2, 0.25) is 5.91 Å². The second-order valence-corrected chi connectivity index (χ2v) is 5.81. The second kappa shape index (κ2) is 5.58. The van der Waals surface area contributed by atoms with Gasteiger partial charge < -0.3 is 4.90 Å². The molecule has 8 heteroatoms. The third-order valence-corrected chi connectivity index (χ3v) is 3.83. The molecule has 1 aliphatic rings. The summed E-state index contributed by atoms with van der Waals surface area (Å²) in [5.74, 6) is -1.00. The number of nitro benzene ring substituents is 1. The average Bonchev–Trinajstić information content (AvgIpc) is 2.68. The first-order valence-corrected chi connectivity index (χ1v) is 6.68. The minimum Gasteiger partial charge on any atom is -0.305 e. The van der Waals surface area contributed by atoms with Gasteiger partial charge in [0.1, 0.15) is 11.5 Å². The van der Waals surface area contributed by atoms with Crippen molar-refractivity contribution in [2.45, 2.75) is 18.6 Å². The van der Waals surface area contributed by atoms with Gasteiger partial charge >= 0.3 is 0 Å². The van der Waals surface area contributed by atoms with Gasteiger partial charge in [-0.2, -0.15) is 0 Å². The SMILES string of the molecule is CC(=O)SC1CC(=O)N(c2cc(F)ccc2[N+](=O)[O-])C1. The van der Waals surface area contributed by atoms with Crippen LogP contribution < -0.4 is 4.90 Å². The van der Waals surface area contributed by atoms with E-state index in [1.54, 1.807) is 0 Å². The first-order valence-electron chi connectivity index (χ1n) is 5.80.